The van der Waals surface area contributed by atoms with Crippen LogP contribution < -0.4 is 36.8 Å². The first-order chi connectivity index (χ1) is 43.7. The Kier molecular flexibility index (Phi) is 20.9. The number of pyridine rings is 1. The summed E-state index contributed by atoms with van der Waals surface area (Å²) in [5.41, 5.74) is 2.84. The number of benzene rings is 1. The lowest BCUT2D eigenvalue weighted by molar-refractivity contribution is -0.143. The maximum atomic E-state index is 14.4. The lowest BCUT2D eigenvalue weighted by Gasteiger charge is -2.29. The summed E-state index contributed by atoms with van der Waals surface area (Å²) in [7, 11) is 2.92. The minimum atomic E-state index is -1.29. The van der Waals surface area contributed by atoms with E-state index >= 15 is 0 Å². The molecule has 0 spiro atoms. The first-order valence-electron chi connectivity index (χ1n) is 29.0. The summed E-state index contributed by atoms with van der Waals surface area (Å²) in [6, 6.07) is 8.55. The average Bonchev–Trinajstić information content (AvgIpc) is 1.75. The summed E-state index contributed by atoms with van der Waals surface area (Å²) in [6.45, 7) is 4.92. The molecule has 1 aromatic carbocycles. The van der Waals surface area contributed by atoms with Crippen molar-refractivity contribution in [2.24, 2.45) is 16.8 Å². The van der Waals surface area contributed by atoms with Crippen molar-refractivity contribution in [3.63, 3.8) is 0 Å². The number of amides is 7. The Morgan fingerprint density at radius 2 is 1.48 bits per heavy atom. The lowest BCUT2D eigenvalue weighted by atomic mass is 9.86. The minimum absolute atomic E-state index is 0.00621. The standard InChI is InChI=1S/C60H64N14O12S5/c1-28(2)45-58-73-49(40(91-58)24-86-5)52(81)62-23-43(76)70-48(50(79)30-10-7-6-8-11-30)34-19-20-35(64-34)55-67-38(25-88-55)47-33(54-68-39(26-87-54)51(80)66-37(22-42(75)61-4)57-72-46(29(3)90-57)53(82)71-45)17-18-36(65-47)56-69-41(27-89-56)74(21-9-12-44(77)78)60(85)63-32-15-13-31(14-16-32)59(83)84/h6-8,10-11,17-18,20,25-28,31-32,37,45,48,50,79H,9,12-16,19,21-24H2,1-5H3,(H,61,75)(H,62,81)(H,63,85)(H,66,80)(H,70,76)(H,71,82)(H,77,78)(H,83,84)/t31?,32?,37-,45?,48+,50-/m0/s1. The average molecular weight is 1330 g/mol. The van der Waals surface area contributed by atoms with Gasteiger partial charge < -0.3 is 52.0 Å². The number of urea groups is 1. The van der Waals surface area contributed by atoms with Gasteiger partial charge in [-0.2, -0.15) is 0 Å². The van der Waals surface area contributed by atoms with E-state index in [1.165, 1.54) is 41.7 Å². The number of rotatable bonds is 15. The molecule has 1 unspecified atom stereocenters. The molecule has 10 rings (SSSR count). The first-order valence-corrected chi connectivity index (χ1v) is 33.3. The van der Waals surface area contributed by atoms with E-state index in [0.29, 0.717) is 95.1 Å². The van der Waals surface area contributed by atoms with Gasteiger partial charge in [-0.1, -0.05) is 44.2 Å². The molecule has 91 heavy (non-hydrogen) atoms. The third-order valence-electron chi connectivity index (χ3n) is 15.3. The SMILES string of the molecule is CNC(=O)C[C@@H]1NC(=O)c2csc(n2)-c2ccc(-c3nc(N(CCCC(=O)O)C(=O)NC4CCC(C(=O)O)CC4)cs3)nc2-c2csc(n2)C2=CCC(=N2)[C@H]([C@@H](O)c2ccccc2)NC(=O)CNC(=O)c2nc(sc2COC)C(C(C)C)NC(=O)c2nc1sc2C. The second kappa shape index (κ2) is 29.1. The highest BCUT2D eigenvalue weighted by Gasteiger charge is 2.35. The maximum absolute atomic E-state index is 14.4. The van der Waals surface area contributed by atoms with Gasteiger partial charge in [0, 0.05) is 71.9 Å². The van der Waals surface area contributed by atoms with E-state index < -0.39 is 84.2 Å². The van der Waals surface area contributed by atoms with Crippen LogP contribution in [0.4, 0.5) is 10.6 Å². The van der Waals surface area contributed by atoms with Crippen molar-refractivity contribution in [2.75, 3.05) is 32.1 Å². The number of methoxy groups -OCH3 is 1. The van der Waals surface area contributed by atoms with E-state index in [9.17, 15) is 53.7 Å². The molecule has 26 nitrogen and oxygen atoms in total. The van der Waals surface area contributed by atoms with E-state index in [0.717, 1.165) is 34.0 Å². The van der Waals surface area contributed by atoms with Crippen LogP contribution in [0.2, 0.25) is 0 Å². The Morgan fingerprint density at radius 1 is 0.758 bits per heavy atom. The van der Waals surface area contributed by atoms with Crippen LogP contribution in [0.25, 0.3) is 38.4 Å². The van der Waals surface area contributed by atoms with Gasteiger partial charge >= 0.3 is 18.0 Å². The molecule has 31 heteroatoms. The zero-order valence-electron chi connectivity index (χ0n) is 49.8. The number of nitrogens with one attached hydrogen (secondary N) is 6. The number of anilines is 1. The van der Waals surface area contributed by atoms with Crippen LogP contribution in [0.3, 0.4) is 0 Å². The van der Waals surface area contributed by atoms with Gasteiger partial charge in [0.2, 0.25) is 11.8 Å². The number of aliphatic carboxylic acids is 2. The maximum Gasteiger partial charge on any atom is 0.323 e. The predicted octanol–water partition coefficient (Wildman–Crippen LogP) is 7.73. The van der Waals surface area contributed by atoms with E-state index in [1.54, 1.807) is 65.5 Å². The number of allylic oxidation sites excluding steroid dienone is 1. The van der Waals surface area contributed by atoms with Gasteiger partial charge in [-0.25, -0.2) is 34.7 Å². The Bertz CT molecular complexity index is 3960. The van der Waals surface area contributed by atoms with Crippen molar-refractivity contribution in [1.82, 2.24) is 61.8 Å². The molecule has 0 radical (unpaired) electrons. The number of nitrogens with zero attached hydrogens (tertiary/aromatic N) is 8. The number of aryl methyl sites for hydroxylation is 1. The van der Waals surface area contributed by atoms with Crippen LogP contribution in [0.15, 0.2) is 69.7 Å². The number of hydrogen-bond acceptors (Lipinski definition) is 22. The number of carboxylic acids is 2. The number of hydrogen-bond donors (Lipinski definition) is 9. The molecule has 3 aliphatic rings. The van der Waals surface area contributed by atoms with Crippen molar-refractivity contribution in [3.8, 4) is 32.7 Å². The summed E-state index contributed by atoms with van der Waals surface area (Å²) in [4.78, 5) is 144. The summed E-state index contributed by atoms with van der Waals surface area (Å²) < 4.78 is 5.46. The fourth-order valence-corrected chi connectivity index (χ4v) is 15.1. The summed E-state index contributed by atoms with van der Waals surface area (Å²) in [5.74, 6) is -5.41. The van der Waals surface area contributed by atoms with Crippen molar-refractivity contribution in [1.29, 1.82) is 0 Å². The number of aromatic nitrogens is 6. The largest absolute Gasteiger partial charge is 0.481 e. The fourth-order valence-electron chi connectivity index (χ4n) is 10.5. The Labute approximate surface area is 541 Å². The lowest BCUT2D eigenvalue weighted by Crippen LogP contribution is -2.48. The van der Waals surface area contributed by atoms with Crippen molar-refractivity contribution in [2.45, 2.75) is 109 Å². The van der Waals surface area contributed by atoms with Crippen molar-refractivity contribution in [3.05, 3.63) is 112 Å². The summed E-state index contributed by atoms with van der Waals surface area (Å²) in [5, 5.41) is 55.0. The van der Waals surface area contributed by atoms with Crippen LogP contribution in [0.5, 0.6) is 0 Å². The molecule has 0 saturated heterocycles. The second-order valence-corrected chi connectivity index (χ2v) is 26.9. The highest BCUT2D eigenvalue weighted by atomic mass is 32.1. The molecule has 9 N–H and O–H groups in total. The molecule has 1 saturated carbocycles. The smallest absolute Gasteiger partial charge is 0.323 e. The Morgan fingerprint density at radius 3 is 2.21 bits per heavy atom. The molecule has 8 heterocycles. The Balaban J connectivity index is 1.03. The number of carbonyl (C=O) groups excluding carboxylic acids is 6. The van der Waals surface area contributed by atoms with E-state index in [2.05, 4.69) is 31.9 Å². The molecule has 1 aliphatic carbocycles. The van der Waals surface area contributed by atoms with Gasteiger partial charge in [-0.15, -0.1) is 56.7 Å². The van der Waals surface area contributed by atoms with E-state index in [-0.39, 0.29) is 78.7 Å². The van der Waals surface area contributed by atoms with Gasteiger partial charge in [0.05, 0.1) is 59.9 Å². The number of aliphatic hydroxyl groups excluding tert-OH is 1. The van der Waals surface area contributed by atoms with E-state index in [1.807, 2.05) is 19.9 Å². The number of ether oxygens (including phenoxy) is 1. The monoisotopic (exact) mass is 1330 g/mol. The molecular weight excluding hydrogens is 1270 g/mol. The molecule has 7 aromatic rings. The fraction of sp³-hybridized carbons (Fsp3) is 0.383. The second-order valence-electron chi connectivity index (χ2n) is 22.0. The van der Waals surface area contributed by atoms with Crippen LogP contribution in [0, 0.1) is 18.8 Å². The highest BCUT2D eigenvalue weighted by molar-refractivity contribution is 7.14. The molecule has 1 fully saturated rings. The van der Waals surface area contributed by atoms with Gasteiger partial charge in [0.25, 0.3) is 17.7 Å². The van der Waals surface area contributed by atoms with Gasteiger partial charge in [0.1, 0.15) is 65.4 Å². The number of carboxylic acid groups (broad SMARTS) is 2. The molecule has 10 bridgehead atoms. The highest BCUT2D eigenvalue weighted by Crippen LogP contribution is 2.40. The molecule has 4 atom stereocenters. The van der Waals surface area contributed by atoms with Gasteiger partial charge in [-0.05, 0) is 68.7 Å². The molecular formula is C60H64N14O12S5. The molecule has 7 amide bonds. The van der Waals surface area contributed by atoms with Crippen LogP contribution >= 0.6 is 56.7 Å². The first kappa shape index (κ1) is 65.4. The van der Waals surface area contributed by atoms with Crippen LogP contribution in [0.1, 0.15) is 145 Å². The van der Waals surface area contributed by atoms with Crippen LogP contribution in [-0.2, 0) is 30.5 Å². The minimum Gasteiger partial charge on any atom is -0.481 e. The molecule has 2 aliphatic heterocycles. The number of aliphatic imine (C=N–C) groups is 1. The third-order valence-corrected chi connectivity index (χ3v) is 20.1. The number of thiazole rings is 5. The quantitative estimate of drug-likeness (QED) is 0.0474. The summed E-state index contributed by atoms with van der Waals surface area (Å²) >= 11 is 5.87. The number of fused-ring (bicyclic) bond motifs is 13. The predicted molar refractivity (Wildman–Crippen MR) is 343 cm³/mol. The third kappa shape index (κ3) is 15.4. The van der Waals surface area contributed by atoms with E-state index in [4.69, 9.17) is 39.6 Å². The molecule has 6 aromatic heterocycles. The zero-order valence-corrected chi connectivity index (χ0v) is 53.9. The zero-order chi connectivity index (χ0) is 64.6. The van der Waals surface area contributed by atoms with Gasteiger partial charge in [0.15, 0.2) is 0 Å². The number of carbonyl (C=O) groups is 8. The molecule has 476 valence electrons. The van der Waals surface area contributed by atoms with Gasteiger partial charge in [-0.3, -0.25) is 43.5 Å². The van der Waals surface area contributed by atoms with Crippen LogP contribution in [-0.4, -0.2) is 138 Å². The number of aliphatic hydroxyl groups is 1. The summed E-state index contributed by atoms with van der Waals surface area (Å²) in [6.07, 6.45) is 2.10. The normalized spacial score (nSPS) is 19.2. The van der Waals surface area contributed by atoms with Crippen molar-refractivity contribution < 1.29 is 58.4 Å². The van der Waals surface area contributed by atoms with Crippen molar-refractivity contribution >= 4 is 121 Å². The topological polar surface area (TPSA) is 372 Å². The Hall–Kier alpha value is -8.59.